The second kappa shape index (κ2) is 8.39. The number of carboxylic acid groups (broad SMARTS) is 1. The zero-order valence-corrected chi connectivity index (χ0v) is 17.5. The number of nitrogens with zero attached hydrogens (tertiary/aromatic N) is 1. The molecule has 0 saturated carbocycles. The molecular weight excluding hydrogens is 430 g/mol. The van der Waals surface area contributed by atoms with Gasteiger partial charge in [-0.3, -0.25) is 0 Å². The molecular formula is C21H20ClNO6S. The van der Waals surface area contributed by atoms with Gasteiger partial charge in [-0.05, 0) is 35.4 Å². The van der Waals surface area contributed by atoms with Gasteiger partial charge in [-0.15, -0.1) is 0 Å². The minimum atomic E-state index is -3.56. The average Bonchev–Trinajstić information content (AvgIpc) is 3.18. The minimum absolute atomic E-state index is 0.234. The zero-order chi connectivity index (χ0) is 21.3. The fourth-order valence-electron chi connectivity index (χ4n) is 3.63. The van der Waals surface area contributed by atoms with Crippen LogP contribution < -0.4 is 4.74 Å². The van der Waals surface area contributed by atoms with Gasteiger partial charge in [0, 0.05) is 31.1 Å². The lowest BCUT2D eigenvalue weighted by Crippen LogP contribution is -2.40. The second-order valence-electron chi connectivity index (χ2n) is 7.00. The smallest absolute Gasteiger partial charge is 0.328 e. The van der Waals surface area contributed by atoms with Crippen LogP contribution >= 0.6 is 11.6 Å². The quantitative estimate of drug-likeness (QED) is 0.705. The van der Waals surface area contributed by atoms with Crippen molar-refractivity contribution in [3.05, 3.63) is 59.1 Å². The summed E-state index contributed by atoms with van der Waals surface area (Å²) in [6.07, 6.45) is 2.59. The van der Waals surface area contributed by atoms with Crippen LogP contribution in [0.15, 0.2) is 53.4 Å². The highest BCUT2D eigenvalue weighted by Gasteiger charge is 2.28. The molecule has 9 heteroatoms. The van der Waals surface area contributed by atoms with Gasteiger partial charge in [0.2, 0.25) is 10.0 Å². The first-order chi connectivity index (χ1) is 14.4. The van der Waals surface area contributed by atoms with Crippen LogP contribution in [0.4, 0.5) is 0 Å². The Labute approximate surface area is 179 Å². The SMILES string of the molecule is O=C(O)C=CC1Cc2c(-c3ccc(S(=O)(=O)N4CCOCC4)cc3)ccc(Cl)c2O1. The van der Waals surface area contributed by atoms with Crippen molar-refractivity contribution in [1.82, 2.24) is 4.31 Å². The van der Waals surface area contributed by atoms with E-state index in [1.807, 2.05) is 6.07 Å². The first-order valence-electron chi connectivity index (χ1n) is 9.44. The van der Waals surface area contributed by atoms with Crippen molar-refractivity contribution in [1.29, 1.82) is 0 Å². The molecule has 0 bridgehead atoms. The predicted molar refractivity (Wildman–Crippen MR) is 111 cm³/mol. The molecule has 1 saturated heterocycles. The summed E-state index contributed by atoms with van der Waals surface area (Å²) in [6, 6.07) is 10.3. The van der Waals surface area contributed by atoms with Crippen LogP contribution in [-0.4, -0.2) is 56.2 Å². The zero-order valence-electron chi connectivity index (χ0n) is 16.0. The summed E-state index contributed by atoms with van der Waals surface area (Å²) in [5.41, 5.74) is 2.57. The van der Waals surface area contributed by atoms with Gasteiger partial charge >= 0.3 is 5.97 Å². The normalized spacial score (nSPS) is 19.6. The molecule has 2 aromatic carbocycles. The Morgan fingerprint density at radius 3 is 2.50 bits per heavy atom. The summed E-state index contributed by atoms with van der Waals surface area (Å²) < 4.78 is 38.1. The van der Waals surface area contributed by atoms with Gasteiger partial charge in [0.15, 0.2) is 0 Å². The fraction of sp³-hybridized carbons (Fsp3) is 0.286. The molecule has 158 valence electrons. The van der Waals surface area contributed by atoms with Crippen LogP contribution in [0.5, 0.6) is 5.75 Å². The number of carbonyl (C=O) groups is 1. The van der Waals surface area contributed by atoms with E-state index in [9.17, 15) is 13.2 Å². The lowest BCUT2D eigenvalue weighted by atomic mass is 9.96. The van der Waals surface area contributed by atoms with Crippen molar-refractivity contribution >= 4 is 27.6 Å². The van der Waals surface area contributed by atoms with Gasteiger partial charge in [-0.25, -0.2) is 13.2 Å². The molecule has 2 heterocycles. The topological polar surface area (TPSA) is 93.1 Å². The van der Waals surface area contributed by atoms with E-state index in [0.29, 0.717) is 43.5 Å². The van der Waals surface area contributed by atoms with Crippen LogP contribution in [0, 0.1) is 0 Å². The van der Waals surface area contributed by atoms with E-state index in [1.165, 1.54) is 10.4 Å². The number of aliphatic carboxylic acids is 1. The fourth-order valence-corrected chi connectivity index (χ4v) is 5.26. The van der Waals surface area contributed by atoms with Crippen LogP contribution in [0.3, 0.4) is 0 Å². The Kier molecular flexibility index (Phi) is 5.84. The molecule has 7 nitrogen and oxygen atoms in total. The number of rotatable bonds is 5. The van der Waals surface area contributed by atoms with Gasteiger partial charge in [-0.1, -0.05) is 29.8 Å². The van der Waals surface area contributed by atoms with Gasteiger partial charge in [0.25, 0.3) is 0 Å². The summed E-state index contributed by atoms with van der Waals surface area (Å²) in [6.45, 7) is 1.48. The van der Waals surface area contributed by atoms with E-state index in [4.69, 9.17) is 26.2 Å². The molecule has 1 atom stereocenters. The van der Waals surface area contributed by atoms with Gasteiger partial charge in [0.05, 0.1) is 23.1 Å². The Hall–Kier alpha value is -2.39. The first-order valence-corrected chi connectivity index (χ1v) is 11.3. The monoisotopic (exact) mass is 449 g/mol. The van der Waals surface area contributed by atoms with Crippen LogP contribution in [0.1, 0.15) is 5.56 Å². The molecule has 30 heavy (non-hydrogen) atoms. The third-order valence-corrected chi connectivity index (χ3v) is 7.32. The lowest BCUT2D eigenvalue weighted by molar-refractivity contribution is -0.131. The number of fused-ring (bicyclic) bond motifs is 1. The van der Waals surface area contributed by atoms with Crippen molar-refractivity contribution in [3.63, 3.8) is 0 Å². The maximum atomic E-state index is 12.8. The molecule has 0 amide bonds. The molecule has 2 aromatic rings. The molecule has 0 aromatic heterocycles. The molecule has 0 aliphatic carbocycles. The van der Waals surface area contributed by atoms with Crippen molar-refractivity contribution in [3.8, 4) is 16.9 Å². The summed E-state index contributed by atoms with van der Waals surface area (Å²) in [5.74, 6) is -0.517. The van der Waals surface area contributed by atoms with Crippen molar-refractivity contribution < 1.29 is 27.8 Å². The van der Waals surface area contributed by atoms with E-state index < -0.39 is 22.1 Å². The van der Waals surface area contributed by atoms with Crippen molar-refractivity contribution in [2.75, 3.05) is 26.3 Å². The number of sulfonamides is 1. The van der Waals surface area contributed by atoms with Gasteiger partial charge < -0.3 is 14.6 Å². The second-order valence-corrected chi connectivity index (χ2v) is 9.35. The van der Waals surface area contributed by atoms with E-state index in [-0.39, 0.29) is 4.90 Å². The van der Waals surface area contributed by atoms with Crippen molar-refractivity contribution in [2.24, 2.45) is 0 Å². The first kappa shape index (κ1) is 20.9. The molecule has 1 unspecified atom stereocenters. The maximum Gasteiger partial charge on any atom is 0.328 e. The van der Waals surface area contributed by atoms with E-state index >= 15 is 0 Å². The minimum Gasteiger partial charge on any atom is -0.484 e. The number of benzene rings is 2. The molecule has 4 rings (SSSR count). The van der Waals surface area contributed by atoms with E-state index in [0.717, 1.165) is 22.8 Å². The van der Waals surface area contributed by atoms with Crippen LogP contribution in [0.2, 0.25) is 5.02 Å². The molecule has 1 N–H and O–H groups in total. The van der Waals surface area contributed by atoms with Crippen LogP contribution in [0.25, 0.3) is 11.1 Å². The summed E-state index contributed by atoms with van der Waals surface area (Å²) in [4.78, 5) is 11.0. The number of halogens is 1. The Morgan fingerprint density at radius 1 is 1.13 bits per heavy atom. The number of morpholine rings is 1. The summed E-state index contributed by atoms with van der Waals surface area (Å²) in [7, 11) is -3.56. The lowest BCUT2D eigenvalue weighted by Gasteiger charge is -2.26. The van der Waals surface area contributed by atoms with Crippen LogP contribution in [-0.2, 0) is 26.0 Å². The Bertz CT molecular complexity index is 1090. The highest BCUT2D eigenvalue weighted by molar-refractivity contribution is 7.89. The number of carboxylic acids is 1. The third-order valence-electron chi connectivity index (χ3n) is 5.11. The largest absolute Gasteiger partial charge is 0.484 e. The standard InChI is InChI=1S/C21H20ClNO6S/c22-19-7-6-17(18-13-15(29-21(18)19)3-8-20(24)25)14-1-4-16(5-2-14)30(26,27)23-9-11-28-12-10-23/h1-8,15H,9-13H2,(H,24,25). The van der Waals surface area contributed by atoms with E-state index in [2.05, 4.69) is 0 Å². The summed E-state index contributed by atoms with van der Waals surface area (Å²) >= 11 is 6.27. The molecule has 1 fully saturated rings. The average molecular weight is 450 g/mol. The Morgan fingerprint density at radius 2 is 1.83 bits per heavy atom. The van der Waals surface area contributed by atoms with Gasteiger partial charge in [0.1, 0.15) is 11.9 Å². The van der Waals surface area contributed by atoms with E-state index in [1.54, 1.807) is 30.3 Å². The highest BCUT2D eigenvalue weighted by Crippen LogP contribution is 2.42. The highest BCUT2D eigenvalue weighted by atomic mass is 35.5. The molecule has 0 spiro atoms. The molecule has 0 radical (unpaired) electrons. The van der Waals surface area contributed by atoms with Gasteiger partial charge in [-0.2, -0.15) is 4.31 Å². The number of hydrogen-bond donors (Lipinski definition) is 1. The maximum absolute atomic E-state index is 12.8. The third kappa shape index (κ3) is 4.09. The Balaban J connectivity index is 1.62. The molecule has 2 aliphatic rings. The number of hydrogen-bond acceptors (Lipinski definition) is 5. The predicted octanol–water partition coefficient (Wildman–Crippen LogP) is 2.97. The number of ether oxygens (including phenoxy) is 2. The van der Waals surface area contributed by atoms with Crippen molar-refractivity contribution in [2.45, 2.75) is 17.4 Å². The summed E-state index contributed by atoms with van der Waals surface area (Å²) in [5, 5.41) is 9.29. The molecule has 2 aliphatic heterocycles.